The lowest BCUT2D eigenvalue weighted by Crippen LogP contribution is -2.35. The van der Waals surface area contributed by atoms with Gasteiger partial charge in [-0.1, -0.05) is 18.2 Å². The zero-order chi connectivity index (χ0) is 13.8. The van der Waals surface area contributed by atoms with Crippen LogP contribution in [0.4, 0.5) is 0 Å². The molecular formula is C16H21N3O. The van der Waals surface area contributed by atoms with Crippen LogP contribution >= 0.6 is 0 Å². The Balaban J connectivity index is 1.91. The van der Waals surface area contributed by atoms with Gasteiger partial charge in [-0.2, -0.15) is 5.10 Å². The lowest BCUT2D eigenvalue weighted by molar-refractivity contribution is -0.00794. The molecule has 1 N–H and O–H groups in total. The number of benzene rings is 1. The van der Waals surface area contributed by atoms with E-state index in [2.05, 4.69) is 28.6 Å². The Labute approximate surface area is 119 Å². The Hall–Kier alpha value is -1.65. The summed E-state index contributed by atoms with van der Waals surface area (Å²) in [6, 6.07) is 12.5. The van der Waals surface area contributed by atoms with Crippen LogP contribution in [0.3, 0.4) is 0 Å². The minimum absolute atomic E-state index is 0.179. The van der Waals surface area contributed by atoms with Crippen molar-refractivity contribution < 1.29 is 4.74 Å². The van der Waals surface area contributed by atoms with E-state index < -0.39 is 0 Å². The van der Waals surface area contributed by atoms with E-state index in [4.69, 9.17) is 4.74 Å². The minimum Gasteiger partial charge on any atom is -0.376 e. The summed E-state index contributed by atoms with van der Waals surface area (Å²) in [5, 5.41) is 7.87. The first-order valence-corrected chi connectivity index (χ1v) is 7.28. The average molecular weight is 271 g/mol. The monoisotopic (exact) mass is 271 g/mol. The van der Waals surface area contributed by atoms with Crippen molar-refractivity contribution in [2.75, 3.05) is 13.7 Å². The number of aromatic nitrogens is 2. The molecule has 2 heterocycles. The molecule has 0 radical (unpaired) electrons. The van der Waals surface area contributed by atoms with Gasteiger partial charge in [0.2, 0.25) is 0 Å². The van der Waals surface area contributed by atoms with Gasteiger partial charge in [0.05, 0.1) is 23.5 Å². The SMILES string of the molecule is CNC(c1ccnn1-c1ccccc1)C1CCCCO1. The molecule has 0 saturated carbocycles. The van der Waals surface area contributed by atoms with Crippen LogP contribution in [0.1, 0.15) is 31.0 Å². The summed E-state index contributed by atoms with van der Waals surface area (Å²) in [6.45, 7) is 0.863. The Kier molecular flexibility index (Phi) is 4.14. The van der Waals surface area contributed by atoms with E-state index in [1.54, 1.807) is 0 Å². The van der Waals surface area contributed by atoms with Crippen molar-refractivity contribution in [2.24, 2.45) is 0 Å². The molecule has 2 unspecified atom stereocenters. The second-order valence-corrected chi connectivity index (χ2v) is 5.17. The molecule has 0 amide bonds. The maximum Gasteiger partial charge on any atom is 0.0785 e. The van der Waals surface area contributed by atoms with Crippen LogP contribution in [0.25, 0.3) is 5.69 Å². The van der Waals surface area contributed by atoms with Gasteiger partial charge >= 0.3 is 0 Å². The topological polar surface area (TPSA) is 39.1 Å². The van der Waals surface area contributed by atoms with Gasteiger partial charge in [0.1, 0.15) is 0 Å². The Bertz CT molecular complexity index is 532. The first-order valence-electron chi connectivity index (χ1n) is 7.28. The fourth-order valence-electron chi connectivity index (χ4n) is 2.89. The van der Waals surface area contributed by atoms with Crippen LogP contribution < -0.4 is 5.32 Å². The fourth-order valence-corrected chi connectivity index (χ4v) is 2.89. The van der Waals surface area contributed by atoms with Gasteiger partial charge in [-0.15, -0.1) is 0 Å². The second-order valence-electron chi connectivity index (χ2n) is 5.17. The van der Waals surface area contributed by atoms with Crippen LogP contribution in [0.2, 0.25) is 0 Å². The van der Waals surface area contributed by atoms with Gasteiger partial charge in [0, 0.05) is 12.8 Å². The summed E-state index contributed by atoms with van der Waals surface area (Å²) in [5.41, 5.74) is 2.24. The van der Waals surface area contributed by atoms with Crippen LogP contribution in [0, 0.1) is 0 Å². The molecule has 20 heavy (non-hydrogen) atoms. The van der Waals surface area contributed by atoms with Gasteiger partial charge in [-0.3, -0.25) is 0 Å². The zero-order valence-corrected chi connectivity index (χ0v) is 11.8. The number of likely N-dealkylation sites (N-methyl/N-ethyl adjacent to an activating group) is 1. The van der Waals surface area contributed by atoms with Gasteiger partial charge in [-0.05, 0) is 44.5 Å². The van der Waals surface area contributed by atoms with Crippen LogP contribution in [0.5, 0.6) is 0 Å². The second kappa shape index (κ2) is 6.20. The lowest BCUT2D eigenvalue weighted by Gasteiger charge is -2.30. The minimum atomic E-state index is 0.179. The fraction of sp³-hybridized carbons (Fsp3) is 0.438. The molecule has 2 atom stereocenters. The third kappa shape index (κ3) is 2.62. The van der Waals surface area contributed by atoms with Gasteiger partial charge in [-0.25, -0.2) is 4.68 Å². The van der Waals surface area contributed by atoms with E-state index in [1.807, 2.05) is 36.1 Å². The number of rotatable bonds is 4. The van der Waals surface area contributed by atoms with Crippen LogP contribution in [-0.4, -0.2) is 29.5 Å². The summed E-state index contributed by atoms with van der Waals surface area (Å²) >= 11 is 0. The molecule has 1 saturated heterocycles. The van der Waals surface area contributed by atoms with Crippen molar-refractivity contribution in [2.45, 2.75) is 31.4 Å². The average Bonchev–Trinajstić information content (AvgIpc) is 2.99. The molecule has 4 nitrogen and oxygen atoms in total. The van der Waals surface area contributed by atoms with E-state index in [-0.39, 0.29) is 12.1 Å². The Morgan fingerprint density at radius 2 is 2.10 bits per heavy atom. The van der Waals surface area contributed by atoms with Crippen molar-refractivity contribution in [3.05, 3.63) is 48.3 Å². The lowest BCUT2D eigenvalue weighted by atomic mass is 9.99. The van der Waals surface area contributed by atoms with Gasteiger partial charge < -0.3 is 10.1 Å². The van der Waals surface area contributed by atoms with Crippen molar-refractivity contribution in [1.29, 1.82) is 0 Å². The predicted molar refractivity (Wildman–Crippen MR) is 79.0 cm³/mol. The number of hydrogen-bond donors (Lipinski definition) is 1. The van der Waals surface area contributed by atoms with Crippen molar-refractivity contribution in [3.63, 3.8) is 0 Å². The normalized spacial score (nSPS) is 20.8. The summed E-state index contributed by atoms with van der Waals surface area (Å²) in [5.74, 6) is 0. The Morgan fingerprint density at radius 3 is 2.80 bits per heavy atom. The standard InChI is InChI=1S/C16H21N3O/c1-17-16(15-9-5-6-12-20-15)14-10-11-18-19(14)13-7-3-2-4-8-13/h2-4,7-8,10-11,15-17H,5-6,9,12H2,1H3. The zero-order valence-electron chi connectivity index (χ0n) is 11.8. The van der Waals surface area contributed by atoms with E-state index in [0.29, 0.717) is 0 Å². The largest absolute Gasteiger partial charge is 0.376 e. The first-order chi connectivity index (χ1) is 9.90. The number of para-hydroxylation sites is 1. The molecular weight excluding hydrogens is 250 g/mol. The molecule has 106 valence electrons. The number of nitrogens with zero attached hydrogens (tertiary/aromatic N) is 2. The van der Waals surface area contributed by atoms with Crippen LogP contribution in [0.15, 0.2) is 42.6 Å². The summed E-state index contributed by atoms with van der Waals surface area (Å²) in [6.07, 6.45) is 5.60. The maximum absolute atomic E-state index is 5.94. The third-order valence-electron chi connectivity index (χ3n) is 3.89. The van der Waals surface area contributed by atoms with Gasteiger partial charge in [0.25, 0.3) is 0 Å². The van der Waals surface area contributed by atoms with Crippen LogP contribution in [-0.2, 0) is 4.74 Å². The van der Waals surface area contributed by atoms with Crippen molar-refractivity contribution in [1.82, 2.24) is 15.1 Å². The Morgan fingerprint density at radius 1 is 1.25 bits per heavy atom. The maximum atomic E-state index is 5.94. The highest BCUT2D eigenvalue weighted by atomic mass is 16.5. The molecule has 0 aliphatic carbocycles. The molecule has 1 fully saturated rings. The van der Waals surface area contributed by atoms with E-state index >= 15 is 0 Å². The molecule has 1 aromatic heterocycles. The molecule has 1 aliphatic heterocycles. The van der Waals surface area contributed by atoms with Crippen molar-refractivity contribution in [3.8, 4) is 5.69 Å². The highest BCUT2D eigenvalue weighted by Crippen LogP contribution is 2.27. The van der Waals surface area contributed by atoms with E-state index in [0.717, 1.165) is 24.4 Å². The summed E-state index contributed by atoms with van der Waals surface area (Å²) in [7, 11) is 1.99. The molecule has 2 aromatic rings. The summed E-state index contributed by atoms with van der Waals surface area (Å²) in [4.78, 5) is 0. The first kappa shape index (κ1) is 13.3. The molecule has 3 rings (SSSR count). The molecule has 1 aromatic carbocycles. The molecule has 0 spiro atoms. The van der Waals surface area contributed by atoms with Gasteiger partial charge in [0.15, 0.2) is 0 Å². The smallest absolute Gasteiger partial charge is 0.0785 e. The van der Waals surface area contributed by atoms with E-state index in [1.165, 1.54) is 12.8 Å². The number of hydrogen-bond acceptors (Lipinski definition) is 3. The quantitative estimate of drug-likeness (QED) is 0.929. The molecule has 0 bridgehead atoms. The van der Waals surface area contributed by atoms with E-state index in [9.17, 15) is 0 Å². The van der Waals surface area contributed by atoms with Crippen molar-refractivity contribution >= 4 is 0 Å². The highest BCUT2D eigenvalue weighted by molar-refractivity contribution is 5.33. The molecule has 1 aliphatic rings. The molecule has 4 heteroatoms. The third-order valence-corrected chi connectivity index (χ3v) is 3.89. The summed E-state index contributed by atoms with van der Waals surface area (Å²) < 4.78 is 7.94. The number of ether oxygens (including phenoxy) is 1. The number of nitrogens with one attached hydrogen (secondary N) is 1. The predicted octanol–water partition coefficient (Wildman–Crippen LogP) is 2.70. The highest BCUT2D eigenvalue weighted by Gasteiger charge is 2.27.